The van der Waals surface area contributed by atoms with Gasteiger partial charge in [0.25, 0.3) is 0 Å². The number of nitrogens with one attached hydrogen (secondary N) is 2. The van der Waals surface area contributed by atoms with E-state index in [0.29, 0.717) is 18.8 Å². The fourth-order valence-electron chi connectivity index (χ4n) is 1.63. The summed E-state index contributed by atoms with van der Waals surface area (Å²) in [5.74, 6) is 0.504. The number of anilines is 2. The number of rotatable bonds is 4. The zero-order valence-corrected chi connectivity index (χ0v) is 9.25. The molecule has 8 nitrogen and oxygen atoms in total. The lowest BCUT2D eigenvalue weighted by Gasteiger charge is -2.32. The van der Waals surface area contributed by atoms with Gasteiger partial charge in [-0.1, -0.05) is 0 Å². The van der Waals surface area contributed by atoms with Crippen molar-refractivity contribution in [3.05, 3.63) is 16.3 Å². The molecule has 1 aliphatic carbocycles. The van der Waals surface area contributed by atoms with E-state index in [4.69, 9.17) is 5.11 Å². The Bertz CT molecular complexity index is 433. The van der Waals surface area contributed by atoms with Crippen molar-refractivity contribution in [3.8, 4) is 0 Å². The molecule has 17 heavy (non-hydrogen) atoms. The average Bonchev–Trinajstić information content (AvgIpc) is 2.26. The van der Waals surface area contributed by atoms with Gasteiger partial charge < -0.3 is 15.7 Å². The topological polar surface area (TPSA) is 113 Å². The van der Waals surface area contributed by atoms with Gasteiger partial charge in [0.2, 0.25) is 11.8 Å². The van der Waals surface area contributed by atoms with Gasteiger partial charge in [0, 0.05) is 13.1 Å². The molecule has 1 aromatic heterocycles. The first-order chi connectivity index (χ1) is 8.10. The molecule has 1 aromatic rings. The van der Waals surface area contributed by atoms with Crippen LogP contribution < -0.4 is 10.6 Å². The first kappa shape index (κ1) is 11.5. The van der Waals surface area contributed by atoms with Gasteiger partial charge in [-0.25, -0.2) is 4.98 Å². The van der Waals surface area contributed by atoms with Crippen LogP contribution in [0.4, 0.5) is 17.5 Å². The minimum atomic E-state index is -0.531. The molecule has 0 atom stereocenters. The molecule has 0 aliphatic heterocycles. The molecule has 0 spiro atoms. The van der Waals surface area contributed by atoms with Crippen LogP contribution in [0.25, 0.3) is 0 Å². The predicted octanol–water partition coefficient (Wildman–Crippen LogP) is 0.362. The van der Waals surface area contributed by atoms with Gasteiger partial charge in [-0.2, -0.15) is 4.98 Å². The second-order valence-corrected chi connectivity index (χ2v) is 3.90. The Morgan fingerprint density at radius 2 is 2.29 bits per heavy atom. The Morgan fingerprint density at radius 3 is 2.82 bits per heavy atom. The van der Waals surface area contributed by atoms with E-state index in [9.17, 15) is 10.1 Å². The summed E-state index contributed by atoms with van der Waals surface area (Å²) >= 11 is 0. The highest BCUT2D eigenvalue weighted by molar-refractivity contribution is 5.57. The summed E-state index contributed by atoms with van der Waals surface area (Å²) in [4.78, 5) is 18.1. The van der Waals surface area contributed by atoms with Gasteiger partial charge in [-0.05, 0) is 12.8 Å². The van der Waals surface area contributed by atoms with Crippen LogP contribution in [0.5, 0.6) is 0 Å². The molecule has 3 N–H and O–H groups in total. The maximum absolute atomic E-state index is 10.8. The van der Waals surface area contributed by atoms with E-state index in [1.54, 1.807) is 7.05 Å². The summed E-state index contributed by atoms with van der Waals surface area (Å²) < 4.78 is 0. The van der Waals surface area contributed by atoms with E-state index in [1.165, 1.54) is 0 Å². The summed E-state index contributed by atoms with van der Waals surface area (Å²) in [5.41, 5.74) is -0.162. The fourth-order valence-corrected chi connectivity index (χ4v) is 1.63. The molecule has 0 unspecified atom stereocenters. The molecule has 1 heterocycles. The first-order valence-corrected chi connectivity index (χ1v) is 5.24. The smallest absolute Gasteiger partial charge is 0.329 e. The molecule has 92 valence electrons. The maximum Gasteiger partial charge on any atom is 0.329 e. The molecular formula is C9H13N5O3. The minimum Gasteiger partial charge on any atom is -0.393 e. The fraction of sp³-hybridized carbons (Fsp3) is 0.556. The number of hydrogen-bond acceptors (Lipinski definition) is 7. The second kappa shape index (κ2) is 4.50. The van der Waals surface area contributed by atoms with Crippen LogP contribution in [0.2, 0.25) is 0 Å². The van der Waals surface area contributed by atoms with Gasteiger partial charge in [-0.3, -0.25) is 10.1 Å². The Balaban J connectivity index is 2.19. The lowest BCUT2D eigenvalue weighted by molar-refractivity contribution is -0.384. The second-order valence-electron chi connectivity index (χ2n) is 3.90. The number of hydrogen-bond donors (Lipinski definition) is 3. The largest absolute Gasteiger partial charge is 0.393 e. The molecular weight excluding hydrogens is 226 g/mol. The average molecular weight is 239 g/mol. The van der Waals surface area contributed by atoms with Crippen molar-refractivity contribution in [2.24, 2.45) is 0 Å². The van der Waals surface area contributed by atoms with Crippen LogP contribution in [0.1, 0.15) is 12.8 Å². The molecule has 0 amide bonds. The number of aliphatic hydroxyl groups is 1. The van der Waals surface area contributed by atoms with Crippen LogP contribution in [0, 0.1) is 10.1 Å². The number of nitrogens with zero attached hydrogens (tertiary/aromatic N) is 3. The lowest BCUT2D eigenvalue weighted by Crippen LogP contribution is -2.39. The third kappa shape index (κ3) is 2.41. The van der Waals surface area contributed by atoms with Crippen molar-refractivity contribution >= 4 is 17.5 Å². The quantitative estimate of drug-likeness (QED) is 0.513. The molecule has 0 bridgehead atoms. The van der Waals surface area contributed by atoms with E-state index in [2.05, 4.69) is 20.6 Å². The molecule has 0 radical (unpaired) electrons. The highest BCUT2D eigenvalue weighted by Gasteiger charge is 2.29. The monoisotopic (exact) mass is 239 g/mol. The van der Waals surface area contributed by atoms with Gasteiger partial charge in [0.15, 0.2) is 0 Å². The molecule has 0 saturated heterocycles. The standard InChI is InChI=1S/C9H13N5O3/c1-10-9-11-4-7(14(16)17)8(13-9)12-5-2-6(15)3-5/h4-6,15H,2-3H2,1H3,(H2,10,11,12,13). The van der Waals surface area contributed by atoms with E-state index in [-0.39, 0.29) is 23.7 Å². The van der Waals surface area contributed by atoms with Crippen LogP contribution in [0.15, 0.2) is 6.20 Å². The summed E-state index contributed by atoms with van der Waals surface area (Å²) in [6.07, 6.45) is 2.00. The SMILES string of the molecule is CNc1ncc([N+](=O)[O-])c(NC2CC(O)C2)n1. The van der Waals surface area contributed by atoms with E-state index in [1.807, 2.05) is 0 Å². The Morgan fingerprint density at radius 1 is 1.59 bits per heavy atom. The van der Waals surface area contributed by atoms with E-state index < -0.39 is 4.92 Å². The van der Waals surface area contributed by atoms with E-state index in [0.717, 1.165) is 6.20 Å². The van der Waals surface area contributed by atoms with Crippen molar-refractivity contribution < 1.29 is 10.0 Å². The van der Waals surface area contributed by atoms with Gasteiger partial charge in [0.1, 0.15) is 6.20 Å². The summed E-state index contributed by atoms with van der Waals surface area (Å²) in [6.45, 7) is 0. The van der Waals surface area contributed by atoms with Gasteiger partial charge >= 0.3 is 5.69 Å². The Labute approximate surface area is 97.2 Å². The van der Waals surface area contributed by atoms with Crippen LogP contribution in [0.3, 0.4) is 0 Å². The van der Waals surface area contributed by atoms with Crippen LogP contribution in [-0.4, -0.2) is 39.2 Å². The molecule has 2 rings (SSSR count). The molecule has 8 heteroatoms. The Kier molecular flexibility index (Phi) is 3.05. The number of nitro groups is 1. The lowest BCUT2D eigenvalue weighted by atomic mass is 9.89. The van der Waals surface area contributed by atoms with Crippen molar-refractivity contribution in [2.45, 2.75) is 25.0 Å². The van der Waals surface area contributed by atoms with Crippen molar-refractivity contribution in [3.63, 3.8) is 0 Å². The highest BCUT2D eigenvalue weighted by atomic mass is 16.6. The normalized spacial score (nSPS) is 22.7. The van der Waals surface area contributed by atoms with E-state index >= 15 is 0 Å². The van der Waals surface area contributed by atoms with Gasteiger partial charge in [-0.15, -0.1) is 0 Å². The maximum atomic E-state index is 10.8. The zero-order chi connectivity index (χ0) is 12.4. The highest BCUT2D eigenvalue weighted by Crippen LogP contribution is 2.28. The number of aromatic nitrogens is 2. The first-order valence-electron chi connectivity index (χ1n) is 5.24. The molecule has 1 saturated carbocycles. The van der Waals surface area contributed by atoms with Crippen molar-refractivity contribution in [1.82, 2.24) is 9.97 Å². The molecule has 0 aromatic carbocycles. The zero-order valence-electron chi connectivity index (χ0n) is 9.25. The number of aliphatic hydroxyl groups excluding tert-OH is 1. The van der Waals surface area contributed by atoms with Crippen molar-refractivity contribution in [1.29, 1.82) is 0 Å². The van der Waals surface area contributed by atoms with Crippen LogP contribution in [-0.2, 0) is 0 Å². The summed E-state index contributed by atoms with van der Waals surface area (Å²) in [6, 6.07) is 0.0308. The molecule has 1 aliphatic rings. The predicted molar refractivity (Wildman–Crippen MR) is 60.9 cm³/mol. The summed E-state index contributed by atoms with van der Waals surface area (Å²) in [5, 5.41) is 25.6. The van der Waals surface area contributed by atoms with Gasteiger partial charge in [0.05, 0.1) is 11.0 Å². The molecule has 1 fully saturated rings. The van der Waals surface area contributed by atoms with Crippen LogP contribution >= 0.6 is 0 Å². The Hall–Kier alpha value is -1.96. The third-order valence-corrected chi connectivity index (χ3v) is 2.64. The third-order valence-electron chi connectivity index (χ3n) is 2.64. The van der Waals surface area contributed by atoms with Crippen molar-refractivity contribution in [2.75, 3.05) is 17.7 Å². The minimum absolute atomic E-state index is 0.0308. The summed E-state index contributed by atoms with van der Waals surface area (Å²) in [7, 11) is 1.64.